The van der Waals surface area contributed by atoms with Gasteiger partial charge in [0, 0.05) is 16.1 Å². The summed E-state index contributed by atoms with van der Waals surface area (Å²) in [7, 11) is 0. The molecule has 78 valence electrons. The maximum Gasteiger partial charge on any atom is 0.0398 e. The quantitative estimate of drug-likeness (QED) is 0.669. The van der Waals surface area contributed by atoms with Crippen LogP contribution in [-0.4, -0.2) is 0 Å². The van der Waals surface area contributed by atoms with Crippen molar-refractivity contribution >= 4 is 32.8 Å². The van der Waals surface area contributed by atoms with Crippen molar-refractivity contribution in [2.75, 3.05) is 5.32 Å². The Labute approximate surface area is 98.4 Å². The highest BCUT2D eigenvalue weighted by Crippen LogP contribution is 2.25. The molecule has 0 amide bonds. The Hall–Kier alpha value is -1.80. The van der Waals surface area contributed by atoms with Crippen molar-refractivity contribution in [3.63, 3.8) is 0 Å². The summed E-state index contributed by atoms with van der Waals surface area (Å²) >= 11 is 1.77. The molecule has 2 heteroatoms. The van der Waals surface area contributed by atoms with E-state index in [1.165, 1.54) is 10.1 Å². The topological polar surface area (TPSA) is 12.0 Å². The molecule has 0 fully saturated rings. The van der Waals surface area contributed by atoms with Gasteiger partial charge in [0.25, 0.3) is 0 Å². The van der Waals surface area contributed by atoms with Crippen LogP contribution in [0.15, 0.2) is 60.0 Å². The van der Waals surface area contributed by atoms with Crippen molar-refractivity contribution in [2.45, 2.75) is 0 Å². The molecule has 1 aromatic heterocycles. The van der Waals surface area contributed by atoms with Gasteiger partial charge in [0.1, 0.15) is 0 Å². The molecule has 1 nitrogen and oxygen atoms in total. The van der Waals surface area contributed by atoms with Gasteiger partial charge in [0.05, 0.1) is 0 Å². The first-order valence-electron chi connectivity index (χ1n) is 5.21. The lowest BCUT2D eigenvalue weighted by Crippen LogP contribution is -1.88. The molecule has 16 heavy (non-hydrogen) atoms. The number of fused-ring (bicyclic) bond motifs is 1. The number of anilines is 2. The van der Waals surface area contributed by atoms with Crippen LogP contribution in [0.1, 0.15) is 0 Å². The third kappa shape index (κ3) is 1.79. The van der Waals surface area contributed by atoms with E-state index in [1.54, 1.807) is 11.3 Å². The molecule has 3 rings (SSSR count). The molecule has 1 N–H and O–H groups in total. The van der Waals surface area contributed by atoms with Gasteiger partial charge in [-0.2, -0.15) is 0 Å². The van der Waals surface area contributed by atoms with E-state index in [1.807, 2.05) is 18.2 Å². The molecule has 0 radical (unpaired) electrons. The highest BCUT2D eigenvalue weighted by atomic mass is 32.1. The third-order valence-corrected chi connectivity index (χ3v) is 3.40. The first-order chi connectivity index (χ1) is 7.92. The second-order valence-electron chi connectivity index (χ2n) is 3.66. The zero-order valence-corrected chi connectivity index (χ0v) is 9.50. The van der Waals surface area contributed by atoms with E-state index in [2.05, 4.69) is 47.1 Å². The van der Waals surface area contributed by atoms with E-state index in [9.17, 15) is 0 Å². The van der Waals surface area contributed by atoms with Crippen molar-refractivity contribution in [2.24, 2.45) is 0 Å². The molecule has 0 aliphatic rings. The van der Waals surface area contributed by atoms with Crippen LogP contribution in [0.2, 0.25) is 0 Å². The Kier molecular flexibility index (Phi) is 2.35. The number of para-hydroxylation sites is 1. The molecule has 0 atom stereocenters. The van der Waals surface area contributed by atoms with Gasteiger partial charge in [0.2, 0.25) is 0 Å². The van der Waals surface area contributed by atoms with Crippen molar-refractivity contribution in [3.05, 3.63) is 60.0 Å². The van der Waals surface area contributed by atoms with E-state index in [0.717, 1.165) is 11.4 Å². The van der Waals surface area contributed by atoms with Gasteiger partial charge >= 0.3 is 0 Å². The molecular weight excluding hydrogens is 214 g/mol. The van der Waals surface area contributed by atoms with Crippen LogP contribution in [0.5, 0.6) is 0 Å². The van der Waals surface area contributed by atoms with Crippen LogP contribution in [0.3, 0.4) is 0 Å². The average molecular weight is 225 g/mol. The fourth-order valence-corrected chi connectivity index (χ4v) is 2.55. The summed E-state index contributed by atoms with van der Waals surface area (Å²) in [6.07, 6.45) is 0. The molecule has 2 aromatic carbocycles. The minimum Gasteiger partial charge on any atom is -0.355 e. The summed E-state index contributed by atoms with van der Waals surface area (Å²) in [5, 5.41) is 6.82. The fourth-order valence-electron chi connectivity index (χ4n) is 1.72. The standard InChI is InChI=1S/C14H11NS/c1-2-4-12(5-3-1)15-13-7-6-11-8-9-16-14(11)10-13/h1-10,15H. The zero-order chi connectivity index (χ0) is 10.8. The molecule has 1 heterocycles. The van der Waals surface area contributed by atoms with Crippen molar-refractivity contribution in [3.8, 4) is 0 Å². The zero-order valence-electron chi connectivity index (χ0n) is 8.68. The van der Waals surface area contributed by atoms with E-state index < -0.39 is 0 Å². The lowest BCUT2D eigenvalue weighted by molar-refractivity contribution is 1.57. The van der Waals surface area contributed by atoms with E-state index in [0.29, 0.717) is 0 Å². The van der Waals surface area contributed by atoms with E-state index in [-0.39, 0.29) is 0 Å². The Morgan fingerprint density at radius 1 is 0.812 bits per heavy atom. The summed E-state index contributed by atoms with van der Waals surface area (Å²) in [5.74, 6) is 0. The highest BCUT2D eigenvalue weighted by molar-refractivity contribution is 7.17. The van der Waals surface area contributed by atoms with Gasteiger partial charge in [-0.3, -0.25) is 0 Å². The third-order valence-electron chi connectivity index (χ3n) is 2.52. The van der Waals surface area contributed by atoms with Crippen molar-refractivity contribution in [1.82, 2.24) is 0 Å². The van der Waals surface area contributed by atoms with Gasteiger partial charge in [-0.1, -0.05) is 24.3 Å². The number of hydrogen-bond donors (Lipinski definition) is 1. The normalized spacial score (nSPS) is 10.5. The lowest BCUT2D eigenvalue weighted by Gasteiger charge is -2.05. The lowest BCUT2D eigenvalue weighted by atomic mass is 10.2. The Morgan fingerprint density at radius 3 is 2.56 bits per heavy atom. The Bertz CT molecular complexity index is 598. The van der Waals surface area contributed by atoms with Crippen LogP contribution in [0, 0.1) is 0 Å². The first kappa shape index (κ1) is 9.43. The molecule has 0 bridgehead atoms. The number of nitrogens with one attached hydrogen (secondary N) is 1. The monoisotopic (exact) mass is 225 g/mol. The van der Waals surface area contributed by atoms with E-state index >= 15 is 0 Å². The van der Waals surface area contributed by atoms with E-state index in [4.69, 9.17) is 0 Å². The SMILES string of the molecule is c1ccc(Nc2ccc3ccsc3c2)cc1. The van der Waals surface area contributed by atoms with Gasteiger partial charge < -0.3 is 5.32 Å². The van der Waals surface area contributed by atoms with Gasteiger partial charge in [-0.15, -0.1) is 11.3 Å². The molecule has 0 saturated heterocycles. The van der Waals surface area contributed by atoms with Gasteiger partial charge in [-0.25, -0.2) is 0 Å². The van der Waals surface area contributed by atoms with Crippen LogP contribution >= 0.6 is 11.3 Å². The van der Waals surface area contributed by atoms with Gasteiger partial charge in [0.15, 0.2) is 0 Å². The Balaban J connectivity index is 1.94. The average Bonchev–Trinajstić information content (AvgIpc) is 2.77. The summed E-state index contributed by atoms with van der Waals surface area (Å²) in [6.45, 7) is 0. The van der Waals surface area contributed by atoms with Crippen LogP contribution in [-0.2, 0) is 0 Å². The molecule has 0 unspecified atom stereocenters. The molecular formula is C14H11NS. The minimum absolute atomic E-state index is 1.12. The first-order valence-corrected chi connectivity index (χ1v) is 6.09. The number of thiophene rings is 1. The van der Waals surface area contributed by atoms with Crippen LogP contribution in [0.25, 0.3) is 10.1 Å². The predicted molar refractivity (Wildman–Crippen MR) is 71.5 cm³/mol. The summed E-state index contributed by atoms with van der Waals surface area (Å²) < 4.78 is 1.32. The maximum atomic E-state index is 3.39. The van der Waals surface area contributed by atoms with Crippen LogP contribution in [0.4, 0.5) is 11.4 Å². The fraction of sp³-hybridized carbons (Fsp3) is 0. The summed E-state index contributed by atoms with van der Waals surface area (Å²) in [4.78, 5) is 0. The summed E-state index contributed by atoms with van der Waals surface area (Å²) in [5.41, 5.74) is 2.26. The number of benzene rings is 2. The van der Waals surface area contributed by atoms with Crippen molar-refractivity contribution in [1.29, 1.82) is 0 Å². The predicted octanol–water partition coefficient (Wildman–Crippen LogP) is 4.64. The number of rotatable bonds is 2. The molecule has 3 aromatic rings. The smallest absolute Gasteiger partial charge is 0.0398 e. The largest absolute Gasteiger partial charge is 0.355 e. The highest BCUT2D eigenvalue weighted by Gasteiger charge is 1.97. The second-order valence-corrected chi connectivity index (χ2v) is 4.61. The van der Waals surface area contributed by atoms with Crippen molar-refractivity contribution < 1.29 is 0 Å². The Morgan fingerprint density at radius 2 is 1.69 bits per heavy atom. The minimum atomic E-state index is 1.12. The molecule has 0 saturated carbocycles. The van der Waals surface area contributed by atoms with Gasteiger partial charge in [-0.05, 0) is 41.1 Å². The van der Waals surface area contributed by atoms with Crippen LogP contribution < -0.4 is 5.32 Å². The second kappa shape index (κ2) is 3.99. The molecule has 0 aliphatic heterocycles. The molecule has 0 aliphatic carbocycles. The summed E-state index contributed by atoms with van der Waals surface area (Å²) in [6, 6.07) is 18.8. The number of hydrogen-bond acceptors (Lipinski definition) is 2. The molecule has 0 spiro atoms. The maximum absolute atomic E-state index is 3.39.